The molecular weight excluding hydrogens is 435 g/mol. The molecule has 2 amide bonds. The van der Waals surface area contributed by atoms with E-state index in [9.17, 15) is 14.0 Å². The molecule has 8 nitrogen and oxygen atoms in total. The van der Waals surface area contributed by atoms with Gasteiger partial charge in [0, 0.05) is 24.3 Å². The van der Waals surface area contributed by atoms with Crippen molar-refractivity contribution < 1.29 is 9.18 Å². The molecule has 4 rings (SSSR count). The molecule has 4 aromatic rings. The zero-order valence-electron chi connectivity index (χ0n) is 17.3. The van der Waals surface area contributed by atoms with E-state index in [4.69, 9.17) is 11.6 Å². The number of pyridine rings is 1. The summed E-state index contributed by atoms with van der Waals surface area (Å²) in [5.74, 6) is -0.0212. The Morgan fingerprint density at radius 3 is 2.72 bits per heavy atom. The van der Waals surface area contributed by atoms with Gasteiger partial charge in [-0.2, -0.15) is 5.10 Å². The summed E-state index contributed by atoms with van der Waals surface area (Å²) in [5.41, 5.74) is 0.996. The second-order valence-corrected chi connectivity index (χ2v) is 7.75. The minimum Gasteiger partial charge on any atom is -0.321 e. The lowest BCUT2D eigenvalue weighted by Gasteiger charge is -2.27. The van der Waals surface area contributed by atoms with Gasteiger partial charge in [-0.3, -0.25) is 9.89 Å². The number of nitrogens with zero attached hydrogens (tertiary/aromatic N) is 4. The van der Waals surface area contributed by atoms with Gasteiger partial charge in [-0.15, -0.1) is 0 Å². The Morgan fingerprint density at radius 1 is 1.28 bits per heavy atom. The van der Waals surface area contributed by atoms with Crippen molar-refractivity contribution in [2.24, 2.45) is 0 Å². The molecule has 2 N–H and O–H groups in total. The van der Waals surface area contributed by atoms with Crippen LogP contribution in [0.5, 0.6) is 0 Å². The maximum Gasteiger partial charge on any atom is 0.322 e. The van der Waals surface area contributed by atoms with Crippen LogP contribution in [-0.2, 0) is 6.54 Å². The van der Waals surface area contributed by atoms with Gasteiger partial charge in [0.05, 0.1) is 17.6 Å². The summed E-state index contributed by atoms with van der Waals surface area (Å²) in [6, 6.07) is 10.4. The minimum atomic E-state index is -0.563. The van der Waals surface area contributed by atoms with E-state index in [0.717, 1.165) is 10.9 Å². The number of urea groups is 1. The molecule has 2 aromatic carbocycles. The number of anilines is 1. The average molecular weight is 455 g/mol. The van der Waals surface area contributed by atoms with Crippen molar-refractivity contribution in [3.63, 3.8) is 0 Å². The molecule has 2 aromatic heterocycles. The highest BCUT2D eigenvalue weighted by molar-refractivity contribution is 6.31. The van der Waals surface area contributed by atoms with Crippen molar-refractivity contribution in [2.75, 3.05) is 12.4 Å². The van der Waals surface area contributed by atoms with E-state index in [-0.39, 0.29) is 17.1 Å². The number of benzene rings is 2. The van der Waals surface area contributed by atoms with Crippen LogP contribution in [0.4, 0.5) is 14.9 Å². The molecule has 164 valence electrons. The Kier molecular flexibility index (Phi) is 5.91. The summed E-state index contributed by atoms with van der Waals surface area (Å²) in [5, 5.41) is 10.5. The number of nitrogens with one attached hydrogen (secondary N) is 2. The van der Waals surface area contributed by atoms with E-state index in [1.54, 1.807) is 29.9 Å². The first-order chi connectivity index (χ1) is 15.3. The molecule has 0 aliphatic carbocycles. The molecule has 0 spiro atoms. The van der Waals surface area contributed by atoms with Crippen LogP contribution in [0, 0.1) is 5.82 Å². The number of amides is 2. The topological polar surface area (TPSA) is 95.9 Å². The summed E-state index contributed by atoms with van der Waals surface area (Å²) in [7, 11) is 1.64. The number of carbonyl (C=O) groups excluding carboxylic acids is 1. The van der Waals surface area contributed by atoms with E-state index >= 15 is 0 Å². The predicted octanol–water partition coefficient (Wildman–Crippen LogP) is 4.19. The van der Waals surface area contributed by atoms with Crippen molar-refractivity contribution >= 4 is 34.1 Å². The third kappa shape index (κ3) is 4.19. The average Bonchev–Trinajstić information content (AvgIpc) is 3.30. The molecule has 2 heterocycles. The van der Waals surface area contributed by atoms with Crippen LogP contribution in [-0.4, -0.2) is 37.7 Å². The number of rotatable bonds is 5. The monoisotopic (exact) mass is 454 g/mol. The first-order valence-electron chi connectivity index (χ1n) is 9.80. The minimum absolute atomic E-state index is 0.0796. The van der Waals surface area contributed by atoms with Gasteiger partial charge in [0.25, 0.3) is 5.56 Å². The van der Waals surface area contributed by atoms with Gasteiger partial charge >= 0.3 is 6.03 Å². The number of H-pyrrole nitrogens is 1. The van der Waals surface area contributed by atoms with E-state index in [1.807, 2.05) is 19.1 Å². The van der Waals surface area contributed by atoms with Gasteiger partial charge in [0.1, 0.15) is 18.0 Å². The highest BCUT2D eigenvalue weighted by Gasteiger charge is 2.22. The number of halogens is 2. The van der Waals surface area contributed by atoms with Crippen molar-refractivity contribution in [1.82, 2.24) is 24.6 Å². The summed E-state index contributed by atoms with van der Waals surface area (Å²) in [6.07, 6.45) is 3.11. The summed E-state index contributed by atoms with van der Waals surface area (Å²) >= 11 is 5.81. The smallest absolute Gasteiger partial charge is 0.321 e. The zero-order valence-corrected chi connectivity index (χ0v) is 18.1. The van der Waals surface area contributed by atoms with Gasteiger partial charge < -0.3 is 14.8 Å². The lowest BCUT2D eigenvalue weighted by Crippen LogP contribution is -2.34. The fraction of sp³-hybridized carbons (Fsp3) is 0.182. The molecule has 0 radical (unpaired) electrons. The highest BCUT2D eigenvalue weighted by Crippen LogP contribution is 2.27. The maximum atomic E-state index is 13.4. The van der Waals surface area contributed by atoms with Gasteiger partial charge in [-0.25, -0.2) is 14.2 Å². The maximum absolute atomic E-state index is 13.4. The fourth-order valence-corrected chi connectivity index (χ4v) is 3.64. The largest absolute Gasteiger partial charge is 0.322 e. The molecule has 1 atom stereocenters. The number of hydrogen-bond acceptors (Lipinski definition) is 4. The molecule has 0 aliphatic rings. The van der Waals surface area contributed by atoms with E-state index < -0.39 is 17.9 Å². The predicted molar refractivity (Wildman–Crippen MR) is 120 cm³/mol. The Balaban J connectivity index is 1.67. The molecule has 0 saturated carbocycles. The molecule has 10 heteroatoms. The van der Waals surface area contributed by atoms with E-state index in [2.05, 4.69) is 20.5 Å². The molecule has 0 aliphatic heterocycles. The number of hydrogen-bond donors (Lipinski definition) is 2. The van der Waals surface area contributed by atoms with E-state index in [0.29, 0.717) is 16.9 Å². The number of aromatic nitrogens is 4. The fourth-order valence-electron chi connectivity index (χ4n) is 3.46. The van der Waals surface area contributed by atoms with Gasteiger partial charge in [0.2, 0.25) is 0 Å². The Labute approximate surface area is 187 Å². The number of fused-ring (bicyclic) bond motifs is 1. The molecule has 0 unspecified atom stereocenters. The van der Waals surface area contributed by atoms with Crippen molar-refractivity contribution in [3.05, 3.63) is 87.6 Å². The third-order valence-corrected chi connectivity index (χ3v) is 5.62. The summed E-state index contributed by atoms with van der Waals surface area (Å²) in [6.45, 7) is 2.08. The van der Waals surface area contributed by atoms with Gasteiger partial charge in [-0.1, -0.05) is 29.8 Å². The van der Waals surface area contributed by atoms with E-state index in [1.165, 1.54) is 29.4 Å². The second-order valence-electron chi connectivity index (χ2n) is 7.34. The van der Waals surface area contributed by atoms with Crippen molar-refractivity contribution in [1.29, 1.82) is 0 Å². The summed E-state index contributed by atoms with van der Waals surface area (Å²) in [4.78, 5) is 31.4. The van der Waals surface area contributed by atoms with Crippen LogP contribution in [0.2, 0.25) is 5.02 Å². The quantitative estimate of drug-likeness (QED) is 0.472. The lowest BCUT2D eigenvalue weighted by molar-refractivity contribution is 0.208. The SMILES string of the molecule is C[C@H](c1cn(Cc2ncn[nH]2)c(=O)c2ccccc12)N(C)C(=O)Nc1ccc(F)c(Cl)c1. The Hall–Kier alpha value is -3.72. The molecule has 0 bridgehead atoms. The Bertz CT molecular complexity index is 1340. The molecule has 0 saturated heterocycles. The molecule has 0 fully saturated rings. The summed E-state index contributed by atoms with van der Waals surface area (Å²) < 4.78 is 14.9. The highest BCUT2D eigenvalue weighted by atomic mass is 35.5. The van der Waals surface area contributed by atoms with Crippen LogP contribution in [0.15, 0.2) is 59.8 Å². The van der Waals surface area contributed by atoms with Gasteiger partial charge in [0.15, 0.2) is 0 Å². The molecular formula is C22H20ClFN6O2. The van der Waals surface area contributed by atoms with Crippen LogP contribution < -0.4 is 10.9 Å². The normalized spacial score (nSPS) is 12.0. The first kappa shape index (κ1) is 21.5. The number of aromatic amines is 1. The van der Waals surface area contributed by atoms with Crippen LogP contribution >= 0.6 is 11.6 Å². The number of carbonyl (C=O) groups is 1. The zero-order chi connectivity index (χ0) is 22.8. The Morgan fingerprint density at radius 2 is 2.03 bits per heavy atom. The third-order valence-electron chi connectivity index (χ3n) is 5.33. The van der Waals surface area contributed by atoms with Crippen molar-refractivity contribution in [3.8, 4) is 0 Å². The first-order valence-corrected chi connectivity index (χ1v) is 10.2. The van der Waals surface area contributed by atoms with Crippen LogP contribution in [0.1, 0.15) is 24.4 Å². The standard InChI is InChI=1S/C22H20ClFN6O2/c1-13(29(2)22(32)27-14-7-8-19(24)18(23)9-14)17-10-30(11-20-25-12-26-28-20)21(31)16-6-4-3-5-15(16)17/h3-10,12-13H,11H2,1-2H3,(H,27,32)(H,25,26,28)/t13-/m1/s1. The van der Waals surface area contributed by atoms with Crippen LogP contribution in [0.3, 0.4) is 0 Å². The van der Waals surface area contributed by atoms with Gasteiger partial charge in [-0.05, 0) is 42.1 Å². The van der Waals surface area contributed by atoms with Crippen LogP contribution in [0.25, 0.3) is 10.8 Å². The van der Waals surface area contributed by atoms with Crippen molar-refractivity contribution in [2.45, 2.75) is 19.5 Å². The second kappa shape index (κ2) is 8.80. The molecule has 32 heavy (non-hydrogen) atoms. The lowest BCUT2D eigenvalue weighted by atomic mass is 10.0.